The Balaban J connectivity index is 2.97. The molecule has 0 aromatic heterocycles. The van der Waals surface area contributed by atoms with E-state index < -0.39 is 5.91 Å². The van der Waals surface area contributed by atoms with Crippen LogP contribution in [-0.2, 0) is 11.2 Å². The quantitative estimate of drug-likeness (QED) is 0.547. The van der Waals surface area contributed by atoms with Crippen molar-refractivity contribution < 1.29 is 15.0 Å². The molecule has 0 saturated carbocycles. The number of primary amides is 1. The van der Waals surface area contributed by atoms with Gasteiger partial charge in [0, 0.05) is 5.56 Å². The minimum Gasteiger partial charge on any atom is -0.508 e. The van der Waals surface area contributed by atoms with Gasteiger partial charge in [-0.1, -0.05) is 0 Å². The molecule has 4 N–H and O–H groups in total. The van der Waals surface area contributed by atoms with Crippen molar-refractivity contribution in [1.29, 1.82) is 0 Å². The van der Waals surface area contributed by atoms with E-state index >= 15 is 0 Å². The number of nitrogens with two attached hydrogens (primary N) is 1. The third kappa shape index (κ3) is 1.88. The van der Waals surface area contributed by atoms with E-state index in [2.05, 4.69) is 0 Å². The van der Waals surface area contributed by atoms with E-state index in [1.165, 1.54) is 18.2 Å². The van der Waals surface area contributed by atoms with Gasteiger partial charge >= 0.3 is 0 Å². The fourth-order valence-electron chi connectivity index (χ4n) is 0.901. The molecule has 0 spiro atoms. The molecule has 12 heavy (non-hydrogen) atoms. The topological polar surface area (TPSA) is 83.6 Å². The molecule has 4 heteroatoms. The summed E-state index contributed by atoms with van der Waals surface area (Å²) in [6.07, 6.45) is -0.0692. The van der Waals surface area contributed by atoms with Crippen molar-refractivity contribution in [3.63, 3.8) is 0 Å². The van der Waals surface area contributed by atoms with Crippen molar-refractivity contribution in [3.8, 4) is 11.5 Å². The van der Waals surface area contributed by atoms with Crippen molar-refractivity contribution in [2.24, 2.45) is 5.73 Å². The lowest BCUT2D eigenvalue weighted by Crippen LogP contribution is -2.13. The van der Waals surface area contributed by atoms with Crippen LogP contribution in [0.4, 0.5) is 0 Å². The number of hydrogen-bond donors (Lipinski definition) is 3. The minimum atomic E-state index is -0.545. The van der Waals surface area contributed by atoms with Crippen LogP contribution in [0.25, 0.3) is 0 Å². The van der Waals surface area contributed by atoms with E-state index in [0.29, 0.717) is 5.56 Å². The molecule has 1 aromatic carbocycles. The van der Waals surface area contributed by atoms with Crippen molar-refractivity contribution in [2.75, 3.05) is 0 Å². The van der Waals surface area contributed by atoms with Crippen molar-refractivity contribution in [2.45, 2.75) is 6.42 Å². The number of hydrogen-bond acceptors (Lipinski definition) is 3. The average molecular weight is 167 g/mol. The lowest BCUT2D eigenvalue weighted by Gasteiger charge is -2.01. The summed E-state index contributed by atoms with van der Waals surface area (Å²) in [5, 5.41) is 18.2. The molecular weight excluding hydrogens is 158 g/mol. The van der Waals surface area contributed by atoms with Crippen molar-refractivity contribution >= 4 is 5.91 Å². The van der Waals surface area contributed by atoms with Crippen LogP contribution >= 0.6 is 0 Å². The highest BCUT2D eigenvalue weighted by atomic mass is 16.3. The Morgan fingerprint density at radius 1 is 1.42 bits per heavy atom. The summed E-state index contributed by atoms with van der Waals surface area (Å²) in [7, 11) is 0. The van der Waals surface area contributed by atoms with Crippen LogP contribution in [0.2, 0.25) is 0 Å². The molecule has 0 heterocycles. The van der Waals surface area contributed by atoms with Gasteiger partial charge < -0.3 is 15.9 Å². The average Bonchev–Trinajstić information content (AvgIpc) is 1.96. The van der Waals surface area contributed by atoms with Gasteiger partial charge in [-0.15, -0.1) is 0 Å². The number of carbonyl (C=O) groups is 1. The van der Waals surface area contributed by atoms with Crippen LogP contribution in [0.1, 0.15) is 5.56 Å². The largest absolute Gasteiger partial charge is 0.508 e. The number of benzene rings is 1. The summed E-state index contributed by atoms with van der Waals surface area (Å²) in [6.45, 7) is 0. The van der Waals surface area contributed by atoms with Gasteiger partial charge in [0.15, 0.2) is 0 Å². The van der Waals surface area contributed by atoms with E-state index in [4.69, 9.17) is 15.9 Å². The zero-order valence-electron chi connectivity index (χ0n) is 6.32. The highest BCUT2D eigenvalue weighted by Gasteiger charge is 2.04. The second kappa shape index (κ2) is 3.13. The third-order valence-electron chi connectivity index (χ3n) is 1.43. The Hall–Kier alpha value is -1.71. The molecule has 0 aliphatic heterocycles. The molecule has 0 saturated heterocycles. The summed E-state index contributed by atoms with van der Waals surface area (Å²) in [6, 6.07) is 3.95. The van der Waals surface area contributed by atoms with Crippen LogP contribution in [0.15, 0.2) is 18.2 Å². The molecule has 0 aliphatic rings. The normalized spacial score (nSPS) is 9.67. The maximum Gasteiger partial charge on any atom is 0.221 e. The second-order valence-corrected chi connectivity index (χ2v) is 2.46. The van der Waals surface area contributed by atoms with Gasteiger partial charge in [0.05, 0.1) is 6.42 Å². The molecule has 1 rings (SSSR count). The summed E-state index contributed by atoms with van der Waals surface area (Å²) >= 11 is 0. The second-order valence-electron chi connectivity index (χ2n) is 2.46. The zero-order valence-corrected chi connectivity index (χ0v) is 6.32. The van der Waals surface area contributed by atoms with Crippen LogP contribution in [0.5, 0.6) is 11.5 Å². The van der Waals surface area contributed by atoms with Crippen LogP contribution < -0.4 is 5.73 Å². The Kier molecular flexibility index (Phi) is 2.19. The van der Waals surface area contributed by atoms with E-state index in [0.717, 1.165) is 0 Å². The third-order valence-corrected chi connectivity index (χ3v) is 1.43. The number of amides is 1. The number of carbonyl (C=O) groups excluding carboxylic acids is 1. The molecule has 0 atom stereocenters. The highest BCUT2D eigenvalue weighted by molar-refractivity contribution is 5.77. The first kappa shape index (κ1) is 8.39. The monoisotopic (exact) mass is 167 g/mol. The standard InChI is InChI=1S/C8H9NO3/c9-8(12)4-5-3-6(10)1-2-7(5)11/h1-3,10-11H,4H2,(H2,9,12). The maximum absolute atomic E-state index is 10.5. The lowest BCUT2D eigenvalue weighted by atomic mass is 10.1. The van der Waals surface area contributed by atoms with Gasteiger partial charge in [0.2, 0.25) is 5.91 Å². The Morgan fingerprint density at radius 2 is 2.08 bits per heavy atom. The predicted octanol–water partition coefficient (Wildman–Crippen LogP) is 0.126. The summed E-state index contributed by atoms with van der Waals surface area (Å²) in [5.74, 6) is -0.577. The number of aromatic hydroxyl groups is 2. The molecule has 0 fully saturated rings. The van der Waals surface area contributed by atoms with Crippen LogP contribution in [0, 0.1) is 0 Å². The Morgan fingerprint density at radius 3 is 2.67 bits per heavy atom. The maximum atomic E-state index is 10.5. The van der Waals surface area contributed by atoms with Crippen LogP contribution in [0.3, 0.4) is 0 Å². The van der Waals surface area contributed by atoms with Crippen molar-refractivity contribution in [3.05, 3.63) is 23.8 Å². The molecule has 64 valence electrons. The molecule has 0 unspecified atom stereocenters. The molecule has 4 nitrogen and oxygen atoms in total. The number of phenols is 2. The minimum absolute atomic E-state index is 0.00375. The molecular formula is C8H9NO3. The predicted molar refractivity (Wildman–Crippen MR) is 42.7 cm³/mol. The van der Waals surface area contributed by atoms with Gasteiger partial charge in [0.1, 0.15) is 11.5 Å². The lowest BCUT2D eigenvalue weighted by molar-refractivity contribution is -0.117. The van der Waals surface area contributed by atoms with Gasteiger partial charge in [-0.25, -0.2) is 0 Å². The summed E-state index contributed by atoms with van der Waals surface area (Å²) in [5.41, 5.74) is 5.25. The SMILES string of the molecule is NC(=O)Cc1cc(O)ccc1O. The smallest absolute Gasteiger partial charge is 0.221 e. The van der Waals surface area contributed by atoms with Crippen LogP contribution in [-0.4, -0.2) is 16.1 Å². The molecule has 1 amide bonds. The Labute approximate surface area is 69.3 Å². The summed E-state index contributed by atoms with van der Waals surface area (Å²) < 4.78 is 0. The van der Waals surface area contributed by atoms with E-state index in [1.807, 2.05) is 0 Å². The van der Waals surface area contributed by atoms with Gasteiger partial charge in [-0.05, 0) is 18.2 Å². The fraction of sp³-hybridized carbons (Fsp3) is 0.125. The van der Waals surface area contributed by atoms with E-state index in [-0.39, 0.29) is 17.9 Å². The fourth-order valence-corrected chi connectivity index (χ4v) is 0.901. The molecule has 0 radical (unpaired) electrons. The molecule has 1 aromatic rings. The molecule has 0 aliphatic carbocycles. The van der Waals surface area contributed by atoms with E-state index in [1.54, 1.807) is 0 Å². The first-order chi connectivity index (χ1) is 5.59. The zero-order chi connectivity index (χ0) is 9.14. The first-order valence-corrected chi connectivity index (χ1v) is 3.39. The summed E-state index contributed by atoms with van der Waals surface area (Å²) in [4.78, 5) is 10.5. The highest BCUT2D eigenvalue weighted by Crippen LogP contribution is 2.21. The number of phenolic OH excluding ortho intramolecular Hbond substituents is 2. The molecule has 0 bridgehead atoms. The van der Waals surface area contributed by atoms with Gasteiger partial charge in [0.25, 0.3) is 0 Å². The van der Waals surface area contributed by atoms with Gasteiger partial charge in [-0.3, -0.25) is 4.79 Å². The van der Waals surface area contributed by atoms with Crippen molar-refractivity contribution in [1.82, 2.24) is 0 Å². The van der Waals surface area contributed by atoms with E-state index in [9.17, 15) is 4.79 Å². The Bertz CT molecular complexity index is 309. The first-order valence-electron chi connectivity index (χ1n) is 3.39. The number of rotatable bonds is 2. The van der Waals surface area contributed by atoms with Gasteiger partial charge in [-0.2, -0.15) is 0 Å².